The van der Waals surface area contributed by atoms with E-state index in [4.69, 9.17) is 38.1 Å². The van der Waals surface area contributed by atoms with Crippen molar-refractivity contribution in [1.82, 2.24) is 24.5 Å². The topological polar surface area (TPSA) is 140 Å². The fourth-order valence-electron chi connectivity index (χ4n) is 10.3. The van der Waals surface area contributed by atoms with Crippen molar-refractivity contribution in [2.75, 3.05) is 16.9 Å². The number of aromatic nitrogens is 4. The maximum Gasteiger partial charge on any atom is 0.328 e. The van der Waals surface area contributed by atoms with E-state index in [1.165, 1.54) is 7.11 Å². The van der Waals surface area contributed by atoms with E-state index in [0.29, 0.717) is 32.6 Å². The minimum Gasteiger partial charge on any atom is -0.468 e. The van der Waals surface area contributed by atoms with Gasteiger partial charge < -0.3 is 4.74 Å². The molecule has 2 aromatic heterocycles. The van der Waals surface area contributed by atoms with Gasteiger partial charge in [-0.25, -0.2) is 24.0 Å². The third-order valence-electron chi connectivity index (χ3n) is 12.6. The maximum atomic E-state index is 15.4. The Morgan fingerprint density at radius 2 is 0.950 bits per heavy atom. The van der Waals surface area contributed by atoms with Gasteiger partial charge >= 0.3 is 5.97 Å². The molecule has 4 amide bonds. The molecule has 6 aromatic rings. The molecule has 4 aliphatic heterocycles. The molecule has 60 heavy (non-hydrogen) atoms. The SMILES string of the molecule is COC(=O)C12C3C(=O)N(c4ccc(Cl)cc4)C(=O)C3C(c3cn(-c4ccccc4)nc3C)N1[C@H](c1cn(-c3ccccc3)nc1C)[C@@H]1C(=O)N(c3ccc(Cl)cc3)C(=O)[C@@H]12. The number of imide groups is 2. The van der Waals surface area contributed by atoms with Crippen LogP contribution in [0.3, 0.4) is 0 Å². The Labute approximate surface area is 353 Å². The molecule has 0 bridgehead atoms. The van der Waals surface area contributed by atoms with E-state index in [1.807, 2.05) is 60.7 Å². The zero-order chi connectivity index (χ0) is 41.8. The van der Waals surface area contributed by atoms with Gasteiger partial charge in [0, 0.05) is 33.6 Å². The summed E-state index contributed by atoms with van der Waals surface area (Å²) in [6.45, 7) is 3.59. The number of halogens is 2. The van der Waals surface area contributed by atoms with Crippen molar-refractivity contribution >= 4 is 64.2 Å². The Morgan fingerprint density at radius 3 is 1.32 bits per heavy atom. The molecular weight excluding hydrogens is 805 g/mol. The molecule has 300 valence electrons. The zero-order valence-electron chi connectivity index (χ0n) is 32.3. The lowest BCUT2D eigenvalue weighted by molar-refractivity contribution is -0.162. The average molecular weight is 841 g/mol. The summed E-state index contributed by atoms with van der Waals surface area (Å²) < 4.78 is 9.05. The van der Waals surface area contributed by atoms with E-state index in [1.54, 1.807) is 89.0 Å². The molecule has 4 aromatic carbocycles. The number of benzene rings is 4. The highest BCUT2D eigenvalue weighted by Crippen LogP contribution is 2.70. The summed E-state index contributed by atoms with van der Waals surface area (Å²) in [7, 11) is 1.19. The number of methoxy groups -OCH3 is 1. The number of para-hydroxylation sites is 2. The third-order valence-corrected chi connectivity index (χ3v) is 13.1. The van der Waals surface area contributed by atoms with Crippen LogP contribution >= 0.6 is 23.2 Å². The van der Waals surface area contributed by atoms with E-state index in [-0.39, 0.29) is 11.4 Å². The first-order valence-electron chi connectivity index (χ1n) is 19.3. The summed E-state index contributed by atoms with van der Waals surface area (Å²) >= 11 is 12.5. The minimum absolute atomic E-state index is 0.244. The molecule has 0 radical (unpaired) electrons. The van der Waals surface area contributed by atoms with Gasteiger partial charge in [0.05, 0.1) is 77.0 Å². The highest BCUT2D eigenvalue weighted by molar-refractivity contribution is 6.32. The van der Waals surface area contributed by atoms with Gasteiger partial charge in [-0.1, -0.05) is 59.6 Å². The molecule has 4 fully saturated rings. The Bertz CT molecular complexity index is 2580. The summed E-state index contributed by atoms with van der Waals surface area (Å²) in [4.78, 5) is 80.5. The van der Waals surface area contributed by atoms with Crippen molar-refractivity contribution in [1.29, 1.82) is 0 Å². The van der Waals surface area contributed by atoms with Crippen LogP contribution in [0.25, 0.3) is 11.4 Å². The highest BCUT2D eigenvalue weighted by atomic mass is 35.5. The standard InChI is InChI=1S/C45H35Cl2N7O6/c1-24-32(22-50(48-24)28-10-6-4-7-11-28)38-34-36(42(57)52(40(34)55)30-18-14-26(46)15-19-30)45(44(59)60-3)37-35(41(56)53(43(37)58)31-20-16-27(47)17-21-31)39(54(38)45)33-23-51(49-25(33)2)29-12-8-5-9-13-29/h4-23,34-39H,1-3H3/t34-,35?,36-,37?,38-,39?,45?/m1/s1. The predicted molar refractivity (Wildman–Crippen MR) is 221 cm³/mol. The van der Waals surface area contributed by atoms with Crippen LogP contribution in [0.2, 0.25) is 10.0 Å². The van der Waals surface area contributed by atoms with Crippen molar-refractivity contribution in [3.8, 4) is 11.4 Å². The Balaban J connectivity index is 1.27. The van der Waals surface area contributed by atoms with Crippen molar-refractivity contribution < 1.29 is 28.7 Å². The average Bonchev–Trinajstić information content (AvgIpc) is 4.07. The van der Waals surface area contributed by atoms with Gasteiger partial charge in [-0.05, 0) is 86.6 Å². The molecule has 6 heterocycles. The smallest absolute Gasteiger partial charge is 0.328 e. The lowest BCUT2D eigenvalue weighted by atomic mass is 9.69. The molecule has 0 saturated carbocycles. The van der Waals surface area contributed by atoms with Crippen LogP contribution in [-0.4, -0.2) is 66.7 Å². The summed E-state index contributed by atoms with van der Waals surface area (Å²) in [5.41, 5.74) is 1.87. The quantitative estimate of drug-likeness (QED) is 0.128. The number of aryl methyl sites for hydroxylation is 2. The molecule has 4 aliphatic rings. The molecule has 0 spiro atoms. The minimum atomic E-state index is -2.18. The Hall–Kier alpha value is -6.41. The van der Waals surface area contributed by atoms with E-state index in [0.717, 1.165) is 21.2 Å². The number of ether oxygens (including phenoxy) is 1. The summed E-state index contributed by atoms with van der Waals surface area (Å²) in [6, 6.07) is 29.1. The molecule has 13 nitrogen and oxygen atoms in total. The summed E-state index contributed by atoms with van der Waals surface area (Å²) in [6.07, 6.45) is 3.58. The summed E-state index contributed by atoms with van der Waals surface area (Å²) in [5.74, 6) is -8.95. The number of esters is 1. The molecular formula is C45H35Cl2N7O6. The van der Waals surface area contributed by atoms with Crippen molar-refractivity contribution in [3.63, 3.8) is 0 Å². The second-order valence-corrected chi connectivity index (χ2v) is 16.4. The van der Waals surface area contributed by atoms with Gasteiger partial charge in [-0.2, -0.15) is 10.2 Å². The monoisotopic (exact) mass is 839 g/mol. The second kappa shape index (κ2) is 13.8. The number of anilines is 2. The molecule has 10 rings (SSSR count). The first-order valence-corrected chi connectivity index (χ1v) is 20.1. The number of rotatable bonds is 7. The number of carbonyl (C=O) groups excluding carboxylic acids is 5. The lowest BCUT2D eigenvalue weighted by Gasteiger charge is -2.41. The number of hydrogen-bond donors (Lipinski definition) is 0. The molecule has 0 N–H and O–H groups in total. The van der Waals surface area contributed by atoms with Crippen molar-refractivity contribution in [3.05, 3.63) is 154 Å². The fourth-order valence-corrected chi connectivity index (χ4v) is 10.5. The highest BCUT2D eigenvalue weighted by Gasteiger charge is 2.84. The molecule has 0 aliphatic carbocycles. The number of amides is 4. The van der Waals surface area contributed by atoms with Crippen LogP contribution in [0, 0.1) is 37.5 Å². The van der Waals surface area contributed by atoms with Crippen LogP contribution < -0.4 is 9.80 Å². The largest absolute Gasteiger partial charge is 0.468 e. The normalized spacial score (nSPS) is 25.9. The first kappa shape index (κ1) is 37.8. The maximum absolute atomic E-state index is 15.4. The van der Waals surface area contributed by atoms with E-state index in [2.05, 4.69) is 0 Å². The Kier molecular flexibility index (Phi) is 8.72. The number of fused-ring (bicyclic) bond motifs is 5. The molecule has 4 saturated heterocycles. The molecule has 7 atom stereocenters. The van der Waals surface area contributed by atoms with Crippen molar-refractivity contribution in [2.45, 2.75) is 31.5 Å². The van der Waals surface area contributed by atoms with Crippen LogP contribution in [0.4, 0.5) is 11.4 Å². The number of carbonyl (C=O) groups is 5. The van der Waals surface area contributed by atoms with Gasteiger partial charge in [-0.15, -0.1) is 0 Å². The lowest BCUT2D eigenvalue weighted by Crippen LogP contribution is -2.61. The van der Waals surface area contributed by atoms with E-state index < -0.39 is 70.9 Å². The second-order valence-electron chi connectivity index (χ2n) is 15.5. The van der Waals surface area contributed by atoms with Gasteiger partial charge in [0.25, 0.3) is 0 Å². The van der Waals surface area contributed by atoms with Gasteiger partial charge in [0.15, 0.2) is 0 Å². The van der Waals surface area contributed by atoms with Gasteiger partial charge in [-0.3, -0.25) is 24.1 Å². The van der Waals surface area contributed by atoms with E-state index >= 15 is 24.0 Å². The predicted octanol–water partition coefficient (Wildman–Crippen LogP) is 6.62. The summed E-state index contributed by atoms with van der Waals surface area (Å²) in [5, 5.41) is 10.5. The third kappa shape index (κ3) is 5.18. The number of hydrogen-bond acceptors (Lipinski definition) is 9. The van der Waals surface area contributed by atoms with Gasteiger partial charge in [0.2, 0.25) is 23.6 Å². The van der Waals surface area contributed by atoms with Gasteiger partial charge in [0.1, 0.15) is 5.54 Å². The van der Waals surface area contributed by atoms with Crippen LogP contribution in [-0.2, 0) is 28.7 Å². The van der Waals surface area contributed by atoms with Crippen LogP contribution in [0.15, 0.2) is 122 Å². The zero-order valence-corrected chi connectivity index (χ0v) is 33.9. The van der Waals surface area contributed by atoms with Crippen LogP contribution in [0.5, 0.6) is 0 Å². The molecule has 4 unspecified atom stereocenters. The van der Waals surface area contributed by atoms with Crippen molar-refractivity contribution in [2.24, 2.45) is 23.7 Å². The molecule has 15 heteroatoms. The Morgan fingerprint density at radius 1 is 0.567 bits per heavy atom. The van der Waals surface area contributed by atoms with E-state index in [9.17, 15) is 0 Å². The number of nitrogens with zero attached hydrogens (tertiary/aromatic N) is 7. The fraction of sp³-hybridized carbons (Fsp3) is 0.222. The van der Waals surface area contributed by atoms with Crippen LogP contribution in [0.1, 0.15) is 34.6 Å². The first-order chi connectivity index (χ1) is 29.0.